The van der Waals surface area contributed by atoms with Crippen molar-refractivity contribution in [2.24, 2.45) is 0 Å². The number of hydrogen-bond acceptors (Lipinski definition) is 2. The van der Waals surface area contributed by atoms with Crippen LogP contribution < -0.4 is 0 Å². The number of rotatable bonds is 1. The fraction of sp³-hybridized carbons (Fsp3) is 0. The van der Waals surface area contributed by atoms with Crippen LogP contribution in [0.5, 0.6) is 0 Å². The van der Waals surface area contributed by atoms with Crippen LogP contribution in [0.2, 0.25) is 0 Å². The van der Waals surface area contributed by atoms with Crippen molar-refractivity contribution in [2.45, 2.75) is 0 Å². The highest BCUT2D eigenvalue weighted by Gasteiger charge is 2.00. The van der Waals surface area contributed by atoms with Crippen LogP contribution in [-0.2, 0) is 0 Å². The summed E-state index contributed by atoms with van der Waals surface area (Å²) >= 11 is 0. The number of nitrogens with one attached hydrogen (secondary N) is 1. The maximum atomic E-state index is 12.3. The minimum absolute atomic E-state index is 0.000000000000000444. The van der Waals surface area contributed by atoms with Crippen molar-refractivity contribution in [2.75, 3.05) is 0 Å². The van der Waals surface area contributed by atoms with Crippen LogP contribution in [0.3, 0.4) is 0 Å². The molecule has 0 aliphatic carbocycles. The van der Waals surface area contributed by atoms with Gasteiger partial charge in [-0.15, -0.1) is 0 Å². The number of hydrogen-bond donors (Lipinski definition) is 1. The molecule has 0 heterocycles. The van der Waals surface area contributed by atoms with Gasteiger partial charge in [0, 0.05) is 12.1 Å². The topological polar surface area (TPSA) is 49.9 Å². The minimum atomic E-state index is -0.509. The standard InChI is InChI=1S/C6H5FN2O/c7-5-2-1-3-6(4-5)9(8)10/h1-4,8H. The molecule has 10 heavy (non-hydrogen) atoms. The summed E-state index contributed by atoms with van der Waals surface area (Å²) in [5.74, 6) is -0.509. The van der Waals surface area contributed by atoms with E-state index in [0.29, 0.717) is 0 Å². The van der Waals surface area contributed by atoms with E-state index in [-0.39, 0.29) is 10.5 Å². The van der Waals surface area contributed by atoms with E-state index >= 15 is 0 Å². The molecule has 0 amide bonds. The van der Waals surface area contributed by atoms with E-state index in [0.717, 1.165) is 6.07 Å². The first-order chi connectivity index (χ1) is 4.70. The molecular formula is C6H5FN2O. The summed E-state index contributed by atoms with van der Waals surface area (Å²) in [5, 5.41) is 10.2. The molecular weight excluding hydrogens is 135 g/mol. The van der Waals surface area contributed by atoms with Crippen LogP contribution in [-0.4, -0.2) is 4.86 Å². The lowest BCUT2D eigenvalue weighted by Gasteiger charge is -1.94. The first-order valence-electron chi connectivity index (χ1n) is 2.64. The molecule has 0 spiro atoms. The quantitative estimate of drug-likeness (QED) is 0.362. The molecule has 3 nitrogen and oxygen atoms in total. The predicted molar refractivity (Wildman–Crippen MR) is 32.4 cm³/mol. The summed E-state index contributed by atoms with van der Waals surface area (Å²) in [6, 6.07) is 4.96. The lowest BCUT2D eigenvalue weighted by molar-refractivity contribution is -0.465. The van der Waals surface area contributed by atoms with Crippen LogP contribution in [0.1, 0.15) is 0 Å². The van der Waals surface area contributed by atoms with E-state index in [1.807, 2.05) is 0 Å². The van der Waals surface area contributed by atoms with Gasteiger partial charge in [-0.3, -0.25) is 0 Å². The van der Waals surface area contributed by atoms with Gasteiger partial charge < -0.3 is 5.21 Å². The second-order valence-corrected chi connectivity index (χ2v) is 1.77. The van der Waals surface area contributed by atoms with Crippen molar-refractivity contribution in [3.05, 3.63) is 35.3 Å². The Morgan fingerprint density at radius 3 is 2.60 bits per heavy atom. The van der Waals surface area contributed by atoms with Gasteiger partial charge in [-0.05, 0) is 11.6 Å². The molecule has 0 fully saturated rings. The van der Waals surface area contributed by atoms with Gasteiger partial charge in [-0.25, -0.2) is 4.39 Å². The highest BCUT2D eigenvalue weighted by molar-refractivity contribution is 5.28. The minimum Gasteiger partial charge on any atom is -0.594 e. The molecule has 0 aromatic heterocycles. The lowest BCUT2D eigenvalue weighted by atomic mass is 10.3. The zero-order valence-corrected chi connectivity index (χ0v) is 5.04. The molecule has 1 aromatic carbocycles. The first-order valence-corrected chi connectivity index (χ1v) is 2.64. The van der Waals surface area contributed by atoms with Crippen molar-refractivity contribution < 1.29 is 9.25 Å². The third-order valence-corrected chi connectivity index (χ3v) is 1.04. The SMILES string of the molecule is N=[N+]([O-])c1cccc(F)c1. The second kappa shape index (κ2) is 2.43. The zero-order valence-electron chi connectivity index (χ0n) is 5.04. The van der Waals surface area contributed by atoms with Crippen LogP contribution in [0.4, 0.5) is 10.1 Å². The van der Waals surface area contributed by atoms with E-state index in [2.05, 4.69) is 0 Å². The van der Waals surface area contributed by atoms with Crippen LogP contribution in [0.25, 0.3) is 0 Å². The van der Waals surface area contributed by atoms with Gasteiger partial charge in [-0.1, -0.05) is 10.9 Å². The molecule has 0 unspecified atom stereocenters. The summed E-state index contributed by atoms with van der Waals surface area (Å²) < 4.78 is 12.3. The van der Waals surface area contributed by atoms with Crippen molar-refractivity contribution in [1.29, 1.82) is 5.53 Å². The Bertz CT molecular complexity index is 262. The third kappa shape index (κ3) is 1.28. The number of halogens is 1. The molecule has 1 aromatic rings. The summed E-state index contributed by atoms with van der Waals surface area (Å²) in [6.07, 6.45) is 0. The molecule has 0 aliphatic rings. The van der Waals surface area contributed by atoms with E-state index in [1.165, 1.54) is 18.2 Å². The fourth-order valence-electron chi connectivity index (χ4n) is 0.602. The molecule has 0 aliphatic heterocycles. The monoisotopic (exact) mass is 140 g/mol. The Labute approximate surface area is 56.8 Å². The largest absolute Gasteiger partial charge is 0.594 e. The Balaban J connectivity index is 3.07. The Morgan fingerprint density at radius 1 is 1.50 bits per heavy atom. The van der Waals surface area contributed by atoms with Crippen LogP contribution in [0, 0.1) is 16.6 Å². The lowest BCUT2D eigenvalue weighted by Crippen LogP contribution is -1.86. The van der Waals surface area contributed by atoms with Crippen molar-refractivity contribution in [3.63, 3.8) is 0 Å². The average Bonchev–Trinajstić information content (AvgIpc) is 1.88. The Hall–Kier alpha value is -1.45. The van der Waals surface area contributed by atoms with Crippen molar-refractivity contribution >= 4 is 5.69 Å². The summed E-state index contributed by atoms with van der Waals surface area (Å²) in [4.78, 5) is -0.136. The summed E-state index contributed by atoms with van der Waals surface area (Å²) in [6.45, 7) is 0. The van der Waals surface area contributed by atoms with Crippen LogP contribution >= 0.6 is 0 Å². The van der Waals surface area contributed by atoms with Gasteiger partial charge in [-0.2, -0.15) is 0 Å². The maximum Gasteiger partial charge on any atom is 0.247 e. The number of nitrogens with zero attached hydrogens (tertiary/aromatic N) is 1. The van der Waals surface area contributed by atoms with Gasteiger partial charge >= 0.3 is 0 Å². The summed E-state index contributed by atoms with van der Waals surface area (Å²) in [5.41, 5.74) is 6.53. The first kappa shape index (κ1) is 6.67. The molecule has 0 saturated heterocycles. The van der Waals surface area contributed by atoms with Crippen molar-refractivity contribution in [3.8, 4) is 0 Å². The molecule has 52 valence electrons. The molecule has 0 bridgehead atoms. The molecule has 1 N–H and O–H groups in total. The van der Waals surface area contributed by atoms with E-state index in [1.54, 1.807) is 0 Å². The summed E-state index contributed by atoms with van der Waals surface area (Å²) in [7, 11) is 0. The van der Waals surface area contributed by atoms with Gasteiger partial charge in [0.2, 0.25) is 5.69 Å². The van der Waals surface area contributed by atoms with Crippen LogP contribution in [0.15, 0.2) is 24.3 Å². The normalized spacial score (nSPS) is 9.30. The van der Waals surface area contributed by atoms with E-state index in [9.17, 15) is 9.60 Å². The number of benzene rings is 1. The van der Waals surface area contributed by atoms with E-state index < -0.39 is 5.82 Å². The smallest absolute Gasteiger partial charge is 0.247 e. The second-order valence-electron chi connectivity index (χ2n) is 1.77. The molecule has 0 saturated carbocycles. The fourth-order valence-corrected chi connectivity index (χ4v) is 0.602. The highest BCUT2D eigenvalue weighted by atomic mass is 19.1. The molecule has 0 atom stereocenters. The van der Waals surface area contributed by atoms with Gasteiger partial charge in [0.05, 0.1) is 0 Å². The molecule has 1 rings (SSSR count). The van der Waals surface area contributed by atoms with Crippen molar-refractivity contribution in [1.82, 2.24) is 0 Å². The zero-order chi connectivity index (χ0) is 7.56. The molecule has 4 heteroatoms. The third-order valence-electron chi connectivity index (χ3n) is 1.04. The Morgan fingerprint density at radius 2 is 2.20 bits per heavy atom. The average molecular weight is 140 g/mol. The highest BCUT2D eigenvalue weighted by Crippen LogP contribution is 2.10. The predicted octanol–water partition coefficient (Wildman–Crippen LogP) is 2.00. The maximum absolute atomic E-state index is 12.3. The molecule has 0 radical (unpaired) electrons. The van der Waals surface area contributed by atoms with E-state index in [4.69, 9.17) is 5.53 Å². The van der Waals surface area contributed by atoms with Gasteiger partial charge in [0.1, 0.15) is 5.82 Å². The Kier molecular flexibility index (Phi) is 1.62. The van der Waals surface area contributed by atoms with Gasteiger partial charge in [0.15, 0.2) is 0 Å². The van der Waals surface area contributed by atoms with Gasteiger partial charge in [0.25, 0.3) is 0 Å².